The van der Waals surface area contributed by atoms with Gasteiger partial charge in [0.2, 0.25) is 5.41 Å². The minimum atomic E-state index is -2.24. The van der Waals surface area contributed by atoms with Crippen LogP contribution in [0.25, 0.3) is 0 Å². The number of benzene rings is 3. The summed E-state index contributed by atoms with van der Waals surface area (Å²) in [5.74, 6) is -3.18. The van der Waals surface area contributed by atoms with Crippen LogP contribution in [0.5, 0.6) is 5.75 Å². The number of ether oxygens (including phenoxy) is 3. The maximum atomic E-state index is 14.3. The van der Waals surface area contributed by atoms with Crippen LogP contribution in [0, 0.1) is 21.4 Å². The molecule has 212 valence electrons. The highest BCUT2D eigenvalue weighted by Gasteiger charge is 2.68. The number of rotatable bonds is 10. The van der Waals surface area contributed by atoms with Crippen LogP contribution in [0.15, 0.2) is 83.9 Å². The van der Waals surface area contributed by atoms with Crippen molar-refractivity contribution in [2.24, 2.45) is 16.3 Å². The van der Waals surface area contributed by atoms with E-state index < -0.39 is 39.2 Å². The lowest BCUT2D eigenvalue weighted by molar-refractivity contribution is -0.384. The summed E-state index contributed by atoms with van der Waals surface area (Å²) in [6.45, 7) is 3.08. The van der Waals surface area contributed by atoms with Gasteiger partial charge in [-0.05, 0) is 43.7 Å². The number of nitro benzene ring substituents is 1. The predicted octanol–water partition coefficient (Wildman–Crippen LogP) is 5.73. The van der Waals surface area contributed by atoms with Crippen LogP contribution in [-0.4, -0.2) is 48.0 Å². The van der Waals surface area contributed by atoms with Crippen LogP contribution in [0.1, 0.15) is 35.0 Å². The number of non-ortho nitro benzene ring substituents is 1. The molecule has 0 aliphatic carbocycles. The smallest absolute Gasteiger partial charge is 0.331 e. The lowest BCUT2D eigenvalue weighted by Crippen LogP contribution is -2.52. The van der Waals surface area contributed by atoms with Gasteiger partial charge in [-0.2, -0.15) is 0 Å². The van der Waals surface area contributed by atoms with Gasteiger partial charge in [0.05, 0.1) is 36.9 Å². The number of Topliss-reactive ketones (excluding diaryl/α,β-unsaturated/α-hetero) is 1. The Morgan fingerprint density at radius 1 is 0.902 bits per heavy atom. The number of carbonyl (C=O) groups excluding carboxylic acids is 3. The number of thioether (sulfide) groups is 1. The van der Waals surface area contributed by atoms with E-state index in [0.29, 0.717) is 17.0 Å². The number of aliphatic imine (C=N–C) groups is 1. The van der Waals surface area contributed by atoms with Crippen molar-refractivity contribution < 1.29 is 33.5 Å². The fourth-order valence-electron chi connectivity index (χ4n) is 4.69. The van der Waals surface area contributed by atoms with Crippen molar-refractivity contribution in [3.05, 3.63) is 100 Å². The van der Waals surface area contributed by atoms with Crippen molar-refractivity contribution in [2.45, 2.75) is 19.1 Å². The highest BCUT2D eigenvalue weighted by atomic mass is 32.2. The molecule has 4 rings (SSSR count). The SMILES string of the molecule is CCOC(=O)C1(C(=O)OCC)C(=Nc2ccc(OC)cc2)S[C@H](c2ccc([N+](=O)[O-])cc2)[C@H]1C(=O)c1ccccc1. The first-order chi connectivity index (χ1) is 19.8. The molecule has 1 aliphatic rings. The highest BCUT2D eigenvalue weighted by molar-refractivity contribution is 8.14. The molecule has 0 saturated carbocycles. The first kappa shape index (κ1) is 29.5. The van der Waals surface area contributed by atoms with E-state index in [1.54, 1.807) is 68.4 Å². The summed E-state index contributed by atoms with van der Waals surface area (Å²) in [6, 6.07) is 20.6. The lowest BCUT2D eigenvalue weighted by Gasteiger charge is -2.31. The molecule has 3 aromatic rings. The second-order valence-corrected chi connectivity index (χ2v) is 10.1. The number of nitrogens with zero attached hydrogens (tertiary/aromatic N) is 2. The third kappa shape index (κ3) is 5.71. The third-order valence-corrected chi connectivity index (χ3v) is 8.05. The average molecular weight is 577 g/mol. The van der Waals surface area contributed by atoms with Gasteiger partial charge in [0, 0.05) is 22.9 Å². The second kappa shape index (κ2) is 12.8. The maximum Gasteiger partial charge on any atom is 0.331 e. The van der Waals surface area contributed by atoms with E-state index in [0.717, 1.165) is 11.8 Å². The molecule has 3 aromatic carbocycles. The van der Waals surface area contributed by atoms with Crippen molar-refractivity contribution in [1.29, 1.82) is 0 Å². The first-order valence-electron chi connectivity index (χ1n) is 12.9. The average Bonchev–Trinajstić information content (AvgIpc) is 3.33. The molecule has 11 heteroatoms. The van der Waals surface area contributed by atoms with E-state index >= 15 is 0 Å². The molecular formula is C30H28N2O8S. The molecule has 1 heterocycles. The molecule has 2 atom stereocenters. The van der Waals surface area contributed by atoms with Crippen LogP contribution in [0.3, 0.4) is 0 Å². The summed E-state index contributed by atoms with van der Waals surface area (Å²) >= 11 is 1.06. The van der Waals surface area contributed by atoms with Gasteiger partial charge in [-0.3, -0.25) is 24.5 Å². The van der Waals surface area contributed by atoms with Gasteiger partial charge in [0.25, 0.3) is 5.69 Å². The van der Waals surface area contributed by atoms with Crippen LogP contribution in [0.4, 0.5) is 11.4 Å². The standard InChI is InChI=1S/C30H28N2O8S/c1-4-39-28(34)30(29(35)40-5-2)24(25(33)19-9-7-6-8-10-19)26(20-11-15-22(16-12-20)32(36)37)41-27(30)31-21-13-17-23(38-3)18-14-21/h6-18,24,26H,4-5H2,1-3H3/t24-,26-/m1/s1. The van der Waals surface area contributed by atoms with Gasteiger partial charge in [-0.1, -0.05) is 54.2 Å². The van der Waals surface area contributed by atoms with Crippen LogP contribution in [-0.2, 0) is 19.1 Å². The molecule has 0 unspecified atom stereocenters. The van der Waals surface area contributed by atoms with Gasteiger partial charge in [0.1, 0.15) is 10.8 Å². The van der Waals surface area contributed by atoms with Gasteiger partial charge in [-0.25, -0.2) is 4.99 Å². The van der Waals surface area contributed by atoms with Crippen molar-refractivity contribution >= 4 is 45.9 Å². The zero-order valence-electron chi connectivity index (χ0n) is 22.6. The predicted molar refractivity (Wildman–Crippen MR) is 153 cm³/mol. The fourth-order valence-corrected chi connectivity index (χ4v) is 6.33. The Balaban J connectivity index is 2.01. The molecule has 1 saturated heterocycles. The molecular weight excluding hydrogens is 548 g/mol. The molecule has 0 spiro atoms. The van der Waals surface area contributed by atoms with E-state index in [2.05, 4.69) is 0 Å². The Hall–Kier alpha value is -4.51. The quantitative estimate of drug-likeness (QED) is 0.0974. The summed E-state index contributed by atoms with van der Waals surface area (Å²) in [6.07, 6.45) is 0. The normalized spacial score (nSPS) is 18.5. The lowest BCUT2D eigenvalue weighted by atomic mass is 9.69. The molecule has 0 radical (unpaired) electrons. The van der Waals surface area contributed by atoms with E-state index in [-0.39, 0.29) is 29.5 Å². The van der Waals surface area contributed by atoms with E-state index in [4.69, 9.17) is 19.2 Å². The summed E-state index contributed by atoms with van der Waals surface area (Å²) < 4.78 is 16.1. The zero-order chi connectivity index (χ0) is 29.6. The molecule has 1 fully saturated rings. The fraction of sp³-hybridized carbons (Fsp3) is 0.267. The Morgan fingerprint density at radius 3 is 2.00 bits per heavy atom. The van der Waals surface area contributed by atoms with Crippen molar-refractivity contribution in [3.8, 4) is 5.75 Å². The Labute approximate surface area is 240 Å². The van der Waals surface area contributed by atoms with Crippen molar-refractivity contribution in [2.75, 3.05) is 20.3 Å². The van der Waals surface area contributed by atoms with Crippen molar-refractivity contribution in [1.82, 2.24) is 0 Å². The number of carbonyl (C=O) groups is 3. The molecule has 41 heavy (non-hydrogen) atoms. The number of esters is 2. The number of methoxy groups -OCH3 is 1. The molecule has 1 aliphatic heterocycles. The monoisotopic (exact) mass is 576 g/mol. The largest absolute Gasteiger partial charge is 0.497 e. The number of hydrogen-bond donors (Lipinski definition) is 0. The van der Waals surface area contributed by atoms with E-state index in [9.17, 15) is 24.5 Å². The molecule has 10 nitrogen and oxygen atoms in total. The number of nitro groups is 1. The Bertz CT molecular complexity index is 1440. The molecule has 0 N–H and O–H groups in total. The first-order valence-corrected chi connectivity index (χ1v) is 13.7. The van der Waals surface area contributed by atoms with E-state index in [1.807, 2.05) is 0 Å². The Kier molecular flexibility index (Phi) is 9.18. The number of hydrogen-bond acceptors (Lipinski definition) is 10. The van der Waals surface area contributed by atoms with Gasteiger partial charge >= 0.3 is 11.9 Å². The van der Waals surface area contributed by atoms with Crippen LogP contribution >= 0.6 is 11.8 Å². The zero-order valence-corrected chi connectivity index (χ0v) is 23.5. The van der Waals surface area contributed by atoms with Crippen LogP contribution in [0.2, 0.25) is 0 Å². The second-order valence-electron chi connectivity index (χ2n) is 8.96. The third-order valence-electron chi connectivity index (χ3n) is 6.62. The van der Waals surface area contributed by atoms with Crippen molar-refractivity contribution in [3.63, 3.8) is 0 Å². The molecule has 0 amide bonds. The van der Waals surface area contributed by atoms with Gasteiger partial charge < -0.3 is 14.2 Å². The highest BCUT2D eigenvalue weighted by Crippen LogP contribution is 2.59. The summed E-state index contributed by atoms with van der Waals surface area (Å²) in [7, 11) is 1.52. The van der Waals surface area contributed by atoms with Gasteiger partial charge in [0.15, 0.2) is 5.78 Å². The Morgan fingerprint density at radius 2 is 1.49 bits per heavy atom. The minimum absolute atomic E-state index is 0.0252. The topological polar surface area (TPSA) is 134 Å². The summed E-state index contributed by atoms with van der Waals surface area (Å²) in [4.78, 5) is 57.7. The summed E-state index contributed by atoms with van der Waals surface area (Å²) in [5.41, 5.74) is -1.21. The van der Waals surface area contributed by atoms with Crippen LogP contribution < -0.4 is 4.74 Å². The van der Waals surface area contributed by atoms with Gasteiger partial charge in [-0.15, -0.1) is 0 Å². The maximum absolute atomic E-state index is 14.3. The number of ketones is 1. The molecule has 0 bridgehead atoms. The molecule has 0 aromatic heterocycles. The summed E-state index contributed by atoms with van der Waals surface area (Å²) in [5, 5.41) is 10.5. The minimum Gasteiger partial charge on any atom is -0.497 e. The van der Waals surface area contributed by atoms with E-state index in [1.165, 1.54) is 31.4 Å².